The van der Waals surface area contributed by atoms with Gasteiger partial charge in [0, 0.05) is 23.5 Å². The molecule has 1 aromatic heterocycles. The average Bonchev–Trinajstić information content (AvgIpc) is 2.71. The van der Waals surface area contributed by atoms with Crippen LogP contribution in [0.15, 0.2) is 48.5 Å². The topological polar surface area (TPSA) is 41.1 Å². The zero-order valence-electron chi connectivity index (χ0n) is 16.5. The number of benzene rings is 2. The molecule has 1 N–H and O–H groups in total. The Morgan fingerprint density at radius 2 is 1.82 bits per heavy atom. The van der Waals surface area contributed by atoms with Crippen LogP contribution in [-0.2, 0) is 6.42 Å². The lowest BCUT2D eigenvalue weighted by Gasteiger charge is -2.38. The van der Waals surface area contributed by atoms with Gasteiger partial charge in [-0.05, 0) is 62.1 Å². The molecule has 5 heteroatoms. The maximum atomic E-state index is 13.2. The maximum Gasteiger partial charge on any atom is 0.229 e. The van der Waals surface area contributed by atoms with Crippen LogP contribution >= 0.6 is 0 Å². The van der Waals surface area contributed by atoms with E-state index in [1.165, 1.54) is 23.3 Å². The third kappa shape index (κ3) is 3.44. The molecule has 4 nitrogen and oxygen atoms in total. The Labute approximate surface area is 165 Å². The summed E-state index contributed by atoms with van der Waals surface area (Å²) < 4.78 is 13.2. The van der Waals surface area contributed by atoms with Crippen molar-refractivity contribution in [2.75, 3.05) is 16.8 Å². The van der Waals surface area contributed by atoms with Gasteiger partial charge in [0.2, 0.25) is 5.95 Å². The summed E-state index contributed by atoms with van der Waals surface area (Å²) in [6.45, 7) is 7.25. The van der Waals surface area contributed by atoms with E-state index in [1.54, 1.807) is 12.1 Å². The fourth-order valence-corrected chi connectivity index (χ4v) is 3.96. The molecule has 1 unspecified atom stereocenters. The van der Waals surface area contributed by atoms with Crippen LogP contribution in [0.4, 0.5) is 21.8 Å². The molecule has 0 fully saturated rings. The first kappa shape index (κ1) is 18.4. The van der Waals surface area contributed by atoms with E-state index in [0.717, 1.165) is 42.1 Å². The molecule has 0 aliphatic carbocycles. The standard InChI is InChI=1S/C23H25FN4/c1-4-21-20-8-6-5-7-17(20)13-14-28(21)22-15(2)16(3)25-23(27-22)26-19-11-9-18(24)10-12-19/h5-12,21H,4,13-14H2,1-3H3,(H,25,26,27). The second-order valence-electron chi connectivity index (χ2n) is 7.28. The van der Waals surface area contributed by atoms with Crippen molar-refractivity contribution in [3.05, 3.63) is 76.7 Å². The molecule has 0 radical (unpaired) electrons. The van der Waals surface area contributed by atoms with E-state index in [1.807, 2.05) is 6.92 Å². The minimum atomic E-state index is -0.259. The summed E-state index contributed by atoms with van der Waals surface area (Å²) in [6, 6.07) is 15.2. The highest BCUT2D eigenvalue weighted by Crippen LogP contribution is 2.37. The van der Waals surface area contributed by atoms with Crippen LogP contribution in [0.25, 0.3) is 0 Å². The molecule has 2 aromatic carbocycles. The van der Waals surface area contributed by atoms with Gasteiger partial charge in [-0.15, -0.1) is 0 Å². The predicted octanol–water partition coefficient (Wildman–Crippen LogP) is 5.49. The van der Waals surface area contributed by atoms with E-state index in [4.69, 9.17) is 4.98 Å². The molecule has 0 saturated carbocycles. The second-order valence-corrected chi connectivity index (χ2v) is 7.28. The Morgan fingerprint density at radius 1 is 1.07 bits per heavy atom. The molecule has 0 saturated heterocycles. The molecule has 2 heterocycles. The lowest BCUT2D eigenvalue weighted by atomic mass is 9.91. The Morgan fingerprint density at radius 3 is 2.57 bits per heavy atom. The van der Waals surface area contributed by atoms with Crippen molar-refractivity contribution in [3.8, 4) is 0 Å². The number of nitrogens with one attached hydrogen (secondary N) is 1. The van der Waals surface area contributed by atoms with E-state index >= 15 is 0 Å². The first-order chi connectivity index (χ1) is 13.6. The van der Waals surface area contributed by atoms with Crippen molar-refractivity contribution in [1.29, 1.82) is 0 Å². The largest absolute Gasteiger partial charge is 0.349 e. The quantitative estimate of drug-likeness (QED) is 0.654. The van der Waals surface area contributed by atoms with E-state index < -0.39 is 0 Å². The molecule has 0 spiro atoms. The minimum Gasteiger partial charge on any atom is -0.349 e. The zero-order valence-corrected chi connectivity index (χ0v) is 16.5. The van der Waals surface area contributed by atoms with Crippen LogP contribution in [0, 0.1) is 19.7 Å². The van der Waals surface area contributed by atoms with Gasteiger partial charge in [0.15, 0.2) is 0 Å². The Balaban J connectivity index is 1.71. The number of fused-ring (bicyclic) bond motifs is 1. The van der Waals surface area contributed by atoms with Crippen LogP contribution < -0.4 is 10.2 Å². The van der Waals surface area contributed by atoms with Crippen molar-refractivity contribution in [1.82, 2.24) is 9.97 Å². The van der Waals surface area contributed by atoms with Gasteiger partial charge in [0.1, 0.15) is 11.6 Å². The van der Waals surface area contributed by atoms with E-state index in [2.05, 4.69) is 53.3 Å². The molecular weight excluding hydrogens is 351 g/mol. The summed E-state index contributed by atoms with van der Waals surface area (Å²) in [7, 11) is 0. The number of anilines is 3. The van der Waals surface area contributed by atoms with Crippen LogP contribution in [0.5, 0.6) is 0 Å². The zero-order chi connectivity index (χ0) is 19.7. The minimum absolute atomic E-state index is 0.259. The van der Waals surface area contributed by atoms with E-state index in [-0.39, 0.29) is 5.82 Å². The number of aromatic nitrogens is 2. The molecule has 0 amide bonds. The second kappa shape index (κ2) is 7.58. The van der Waals surface area contributed by atoms with Gasteiger partial charge in [0.05, 0.1) is 6.04 Å². The maximum absolute atomic E-state index is 13.2. The molecule has 1 aliphatic rings. The molecule has 144 valence electrons. The number of rotatable bonds is 4. The first-order valence-corrected chi connectivity index (χ1v) is 9.79. The van der Waals surface area contributed by atoms with Gasteiger partial charge in [-0.3, -0.25) is 0 Å². The lowest BCUT2D eigenvalue weighted by molar-refractivity contribution is 0.560. The molecule has 4 rings (SSSR count). The molecular formula is C23H25FN4. The summed E-state index contributed by atoms with van der Waals surface area (Å²) in [5.74, 6) is 1.25. The number of hydrogen-bond donors (Lipinski definition) is 1. The molecule has 28 heavy (non-hydrogen) atoms. The third-order valence-corrected chi connectivity index (χ3v) is 5.53. The summed E-state index contributed by atoms with van der Waals surface area (Å²) in [5.41, 5.74) is 5.64. The van der Waals surface area contributed by atoms with Gasteiger partial charge in [0.25, 0.3) is 0 Å². The van der Waals surface area contributed by atoms with Gasteiger partial charge >= 0.3 is 0 Å². The van der Waals surface area contributed by atoms with Gasteiger partial charge in [-0.2, -0.15) is 4.98 Å². The van der Waals surface area contributed by atoms with Crippen LogP contribution in [0.3, 0.4) is 0 Å². The summed E-state index contributed by atoms with van der Waals surface area (Å²) in [5, 5.41) is 3.22. The highest BCUT2D eigenvalue weighted by Gasteiger charge is 2.28. The van der Waals surface area contributed by atoms with Crippen LogP contribution in [-0.4, -0.2) is 16.5 Å². The van der Waals surface area contributed by atoms with Crippen LogP contribution in [0.2, 0.25) is 0 Å². The fourth-order valence-electron chi connectivity index (χ4n) is 3.96. The molecule has 1 aliphatic heterocycles. The van der Waals surface area contributed by atoms with Gasteiger partial charge in [-0.1, -0.05) is 31.2 Å². The summed E-state index contributed by atoms with van der Waals surface area (Å²) >= 11 is 0. The Hall–Kier alpha value is -2.95. The first-order valence-electron chi connectivity index (χ1n) is 9.79. The van der Waals surface area contributed by atoms with Gasteiger partial charge in [-0.25, -0.2) is 9.37 Å². The Kier molecular flexibility index (Phi) is 4.99. The Bertz CT molecular complexity index is 984. The van der Waals surface area contributed by atoms with E-state index in [9.17, 15) is 4.39 Å². The smallest absolute Gasteiger partial charge is 0.229 e. The predicted molar refractivity (Wildman–Crippen MR) is 112 cm³/mol. The number of aryl methyl sites for hydroxylation is 1. The highest BCUT2D eigenvalue weighted by atomic mass is 19.1. The van der Waals surface area contributed by atoms with Crippen molar-refractivity contribution in [3.63, 3.8) is 0 Å². The monoisotopic (exact) mass is 376 g/mol. The van der Waals surface area contributed by atoms with Crippen molar-refractivity contribution >= 4 is 17.5 Å². The lowest BCUT2D eigenvalue weighted by Crippen LogP contribution is -2.36. The summed E-state index contributed by atoms with van der Waals surface area (Å²) in [4.78, 5) is 11.9. The van der Waals surface area contributed by atoms with E-state index in [0.29, 0.717) is 12.0 Å². The molecule has 3 aromatic rings. The normalized spacial score (nSPS) is 16.0. The average molecular weight is 376 g/mol. The highest BCUT2D eigenvalue weighted by molar-refractivity contribution is 5.59. The number of halogens is 1. The molecule has 0 bridgehead atoms. The fraction of sp³-hybridized carbons (Fsp3) is 0.304. The van der Waals surface area contributed by atoms with Crippen LogP contribution in [0.1, 0.15) is 41.8 Å². The van der Waals surface area contributed by atoms with Crippen molar-refractivity contribution in [2.24, 2.45) is 0 Å². The van der Waals surface area contributed by atoms with Crippen molar-refractivity contribution in [2.45, 2.75) is 39.7 Å². The van der Waals surface area contributed by atoms with Crippen molar-refractivity contribution < 1.29 is 4.39 Å². The SMILES string of the molecule is CCC1c2ccccc2CCN1c1nc(Nc2ccc(F)cc2)nc(C)c1C. The van der Waals surface area contributed by atoms with Gasteiger partial charge < -0.3 is 10.2 Å². The summed E-state index contributed by atoms with van der Waals surface area (Å²) in [6.07, 6.45) is 2.02. The molecule has 1 atom stereocenters. The number of nitrogens with zero attached hydrogens (tertiary/aromatic N) is 3. The number of hydrogen-bond acceptors (Lipinski definition) is 4. The third-order valence-electron chi connectivity index (χ3n) is 5.53.